The molecule has 2 heteroatoms. The summed E-state index contributed by atoms with van der Waals surface area (Å²) in [5.74, 6) is 0.911. The van der Waals surface area contributed by atoms with E-state index >= 15 is 0 Å². The molecule has 2 nitrogen and oxygen atoms in total. The van der Waals surface area contributed by atoms with Crippen molar-refractivity contribution in [1.82, 2.24) is 4.90 Å². The molecule has 0 aromatic heterocycles. The number of rotatable bonds is 5. The van der Waals surface area contributed by atoms with Crippen molar-refractivity contribution in [2.75, 3.05) is 18.4 Å². The fourth-order valence-corrected chi connectivity index (χ4v) is 2.88. The molecule has 3 rings (SSSR count). The van der Waals surface area contributed by atoms with Gasteiger partial charge in [-0.2, -0.15) is 0 Å². The van der Waals surface area contributed by atoms with Crippen molar-refractivity contribution in [3.63, 3.8) is 0 Å². The summed E-state index contributed by atoms with van der Waals surface area (Å²) in [6.07, 6.45) is 5.56. The van der Waals surface area contributed by atoms with E-state index in [4.69, 9.17) is 0 Å². The number of nitrogens with one attached hydrogen (secondary N) is 1. The molecule has 18 heavy (non-hydrogen) atoms. The van der Waals surface area contributed by atoms with Crippen LogP contribution in [-0.2, 0) is 6.54 Å². The average Bonchev–Trinajstić information content (AvgIpc) is 3.11. The predicted molar refractivity (Wildman–Crippen MR) is 76.8 cm³/mol. The molecule has 1 aliphatic carbocycles. The molecule has 1 N–H and O–H groups in total. The van der Waals surface area contributed by atoms with Gasteiger partial charge in [0.05, 0.1) is 0 Å². The predicted octanol–water partition coefficient (Wildman–Crippen LogP) is 3.49. The van der Waals surface area contributed by atoms with Gasteiger partial charge in [0.1, 0.15) is 0 Å². The molecule has 0 amide bonds. The van der Waals surface area contributed by atoms with Gasteiger partial charge in [0.15, 0.2) is 0 Å². The molecule has 98 valence electrons. The van der Waals surface area contributed by atoms with Crippen LogP contribution in [0.15, 0.2) is 24.3 Å². The lowest BCUT2D eigenvalue weighted by Gasteiger charge is -2.17. The van der Waals surface area contributed by atoms with Crippen molar-refractivity contribution in [1.29, 1.82) is 0 Å². The number of benzene rings is 1. The first kappa shape index (κ1) is 12.0. The molecule has 0 radical (unpaired) electrons. The van der Waals surface area contributed by atoms with E-state index < -0.39 is 0 Å². The highest BCUT2D eigenvalue weighted by Gasteiger charge is 2.27. The molecule has 2 aliphatic rings. The van der Waals surface area contributed by atoms with Crippen LogP contribution in [0.1, 0.15) is 38.2 Å². The molecule has 0 bridgehead atoms. The zero-order valence-corrected chi connectivity index (χ0v) is 11.4. The van der Waals surface area contributed by atoms with Crippen molar-refractivity contribution in [3.8, 4) is 0 Å². The van der Waals surface area contributed by atoms with Gasteiger partial charge in [-0.15, -0.1) is 0 Å². The summed E-state index contributed by atoms with van der Waals surface area (Å²) in [4.78, 5) is 2.55. The van der Waals surface area contributed by atoms with Crippen molar-refractivity contribution in [3.05, 3.63) is 29.8 Å². The third kappa shape index (κ3) is 3.05. The number of nitrogens with zero attached hydrogens (tertiary/aromatic N) is 1. The summed E-state index contributed by atoms with van der Waals surface area (Å²) in [6.45, 7) is 5.98. The van der Waals surface area contributed by atoms with Crippen molar-refractivity contribution in [2.45, 2.75) is 45.2 Å². The third-order valence-corrected chi connectivity index (χ3v) is 4.28. The fourth-order valence-electron chi connectivity index (χ4n) is 2.88. The topological polar surface area (TPSA) is 15.3 Å². The lowest BCUT2D eigenvalue weighted by molar-refractivity contribution is 0.331. The number of hydrogen-bond donors (Lipinski definition) is 1. The Labute approximate surface area is 110 Å². The maximum absolute atomic E-state index is 3.61. The first-order valence-corrected chi connectivity index (χ1v) is 7.39. The van der Waals surface area contributed by atoms with Crippen LogP contribution in [0, 0.1) is 5.92 Å². The molecule has 1 aliphatic heterocycles. The second-order valence-electron chi connectivity index (χ2n) is 5.95. The largest absolute Gasteiger partial charge is 0.382 e. The molecule has 0 spiro atoms. The maximum atomic E-state index is 3.61. The molecule has 1 saturated heterocycles. The van der Waals surface area contributed by atoms with Gasteiger partial charge < -0.3 is 5.32 Å². The van der Waals surface area contributed by atoms with Gasteiger partial charge in [-0.3, -0.25) is 4.90 Å². The lowest BCUT2D eigenvalue weighted by Crippen LogP contribution is -2.19. The number of hydrogen-bond acceptors (Lipinski definition) is 2. The molecule has 2 fully saturated rings. The average molecular weight is 244 g/mol. The Balaban J connectivity index is 1.54. The smallest absolute Gasteiger partial charge is 0.0342 e. The van der Waals surface area contributed by atoms with E-state index in [1.807, 2.05) is 0 Å². The summed E-state index contributed by atoms with van der Waals surface area (Å²) >= 11 is 0. The molecule has 1 unspecified atom stereocenters. The maximum Gasteiger partial charge on any atom is 0.0342 e. The molecule has 1 atom stereocenters. The van der Waals surface area contributed by atoms with Gasteiger partial charge in [0, 0.05) is 18.3 Å². The van der Waals surface area contributed by atoms with Crippen LogP contribution in [0.25, 0.3) is 0 Å². The van der Waals surface area contributed by atoms with Crippen LogP contribution < -0.4 is 5.32 Å². The quantitative estimate of drug-likeness (QED) is 0.853. The first-order chi connectivity index (χ1) is 8.81. The Morgan fingerprint density at radius 3 is 2.44 bits per heavy atom. The van der Waals surface area contributed by atoms with Crippen LogP contribution in [-0.4, -0.2) is 24.0 Å². The van der Waals surface area contributed by atoms with E-state index in [-0.39, 0.29) is 0 Å². The summed E-state index contributed by atoms with van der Waals surface area (Å²) in [7, 11) is 0. The van der Waals surface area contributed by atoms with Gasteiger partial charge in [0.25, 0.3) is 0 Å². The minimum Gasteiger partial charge on any atom is -0.382 e. The van der Waals surface area contributed by atoms with Crippen LogP contribution in [0.5, 0.6) is 0 Å². The normalized spacial score (nSPS) is 22.1. The van der Waals surface area contributed by atoms with Crippen molar-refractivity contribution >= 4 is 5.69 Å². The Morgan fingerprint density at radius 2 is 1.83 bits per heavy atom. The molecule has 1 aromatic rings. The van der Waals surface area contributed by atoms with Gasteiger partial charge >= 0.3 is 0 Å². The molecular weight excluding hydrogens is 220 g/mol. The van der Waals surface area contributed by atoms with E-state index in [2.05, 4.69) is 41.4 Å². The van der Waals surface area contributed by atoms with Crippen LogP contribution in [0.2, 0.25) is 0 Å². The first-order valence-electron chi connectivity index (χ1n) is 7.39. The number of anilines is 1. The van der Waals surface area contributed by atoms with Gasteiger partial charge in [-0.05, 0) is 69.3 Å². The standard InChI is InChI=1S/C16H24N2/c1-13(15-6-7-15)17-16-8-4-14(5-9-16)12-18-10-2-3-11-18/h4-5,8-9,13,15,17H,2-3,6-7,10-12H2,1H3. The van der Waals surface area contributed by atoms with Gasteiger partial charge in [0.2, 0.25) is 0 Å². The summed E-state index contributed by atoms with van der Waals surface area (Å²) in [5, 5.41) is 3.61. The molecular formula is C16H24N2. The number of likely N-dealkylation sites (tertiary alicyclic amines) is 1. The molecule has 1 saturated carbocycles. The highest BCUT2D eigenvalue weighted by molar-refractivity contribution is 5.45. The van der Waals surface area contributed by atoms with Gasteiger partial charge in [-0.1, -0.05) is 12.1 Å². The summed E-state index contributed by atoms with van der Waals surface area (Å²) < 4.78 is 0. The van der Waals surface area contributed by atoms with Crippen molar-refractivity contribution in [2.24, 2.45) is 5.92 Å². The zero-order valence-electron chi connectivity index (χ0n) is 11.4. The van der Waals surface area contributed by atoms with E-state index in [1.54, 1.807) is 0 Å². The minimum absolute atomic E-state index is 0.634. The second kappa shape index (κ2) is 5.31. The second-order valence-corrected chi connectivity index (χ2v) is 5.95. The Hall–Kier alpha value is -1.02. The van der Waals surface area contributed by atoms with Crippen molar-refractivity contribution < 1.29 is 0 Å². The monoisotopic (exact) mass is 244 g/mol. The Kier molecular flexibility index (Phi) is 3.55. The van der Waals surface area contributed by atoms with E-state index in [0.717, 1.165) is 12.5 Å². The van der Waals surface area contributed by atoms with E-state index in [0.29, 0.717) is 6.04 Å². The third-order valence-electron chi connectivity index (χ3n) is 4.28. The minimum atomic E-state index is 0.634. The van der Waals surface area contributed by atoms with Crippen LogP contribution in [0.4, 0.5) is 5.69 Å². The lowest BCUT2D eigenvalue weighted by atomic mass is 10.1. The Bertz CT molecular complexity index is 352. The highest BCUT2D eigenvalue weighted by atomic mass is 15.1. The zero-order chi connectivity index (χ0) is 12.4. The van der Waals surface area contributed by atoms with E-state index in [1.165, 1.54) is 50.0 Å². The van der Waals surface area contributed by atoms with Gasteiger partial charge in [-0.25, -0.2) is 0 Å². The molecule has 1 heterocycles. The highest BCUT2D eigenvalue weighted by Crippen LogP contribution is 2.33. The molecule has 1 aromatic carbocycles. The van der Waals surface area contributed by atoms with E-state index in [9.17, 15) is 0 Å². The fraction of sp³-hybridized carbons (Fsp3) is 0.625. The van der Waals surface area contributed by atoms with Crippen LogP contribution in [0.3, 0.4) is 0 Å². The summed E-state index contributed by atoms with van der Waals surface area (Å²) in [6, 6.07) is 9.67. The Morgan fingerprint density at radius 1 is 1.17 bits per heavy atom. The summed E-state index contributed by atoms with van der Waals surface area (Å²) in [5.41, 5.74) is 2.72. The SMILES string of the molecule is CC(Nc1ccc(CN2CCCC2)cc1)C1CC1. The van der Waals surface area contributed by atoms with Crippen LogP contribution >= 0.6 is 0 Å².